The van der Waals surface area contributed by atoms with Gasteiger partial charge < -0.3 is 5.73 Å². The van der Waals surface area contributed by atoms with E-state index in [1.165, 1.54) is 30.5 Å². The quantitative estimate of drug-likeness (QED) is 0.297. The van der Waals surface area contributed by atoms with Gasteiger partial charge in [0.2, 0.25) is 0 Å². The van der Waals surface area contributed by atoms with Crippen LogP contribution in [0.4, 0.5) is 18.9 Å². The molecule has 0 saturated heterocycles. The number of hydrogen-bond acceptors (Lipinski definition) is 5. The van der Waals surface area contributed by atoms with E-state index in [4.69, 9.17) is 10.7 Å². The molecular formula is C29H27F3N4S. The van der Waals surface area contributed by atoms with Crippen LogP contribution in [0.2, 0.25) is 0 Å². The fourth-order valence-electron chi connectivity index (χ4n) is 4.76. The second-order valence-electron chi connectivity index (χ2n) is 8.90. The number of benzene rings is 2. The number of hydrogen-bond donors (Lipinski definition) is 3. The van der Waals surface area contributed by atoms with Crippen molar-refractivity contribution in [3.63, 3.8) is 0 Å². The number of thiol groups is 1. The van der Waals surface area contributed by atoms with Crippen molar-refractivity contribution in [1.29, 1.82) is 0 Å². The zero-order valence-electron chi connectivity index (χ0n) is 20.1. The van der Waals surface area contributed by atoms with Crippen molar-refractivity contribution in [2.24, 2.45) is 16.1 Å². The van der Waals surface area contributed by atoms with Gasteiger partial charge in [-0.1, -0.05) is 31.0 Å². The second kappa shape index (κ2) is 11.6. The fraction of sp³-hybridized carbons (Fsp3) is 0.172. The van der Waals surface area contributed by atoms with E-state index in [2.05, 4.69) is 29.1 Å². The van der Waals surface area contributed by atoms with Gasteiger partial charge in [0.1, 0.15) is 17.5 Å². The molecule has 0 spiro atoms. The van der Waals surface area contributed by atoms with Crippen LogP contribution in [-0.4, -0.2) is 17.2 Å². The minimum Gasteiger partial charge on any atom is -0.404 e. The highest BCUT2D eigenvalue weighted by Crippen LogP contribution is 2.51. The smallest absolute Gasteiger partial charge is 0.126 e. The SMILES string of the molecule is C=C(c1ccccn1)C1(Cc2cc(F)cc(F)c2)CC(=CN)C(=Nc2ccc(F)cc2)C=C1CCNS. The number of aromatic nitrogens is 1. The molecule has 4 rings (SSSR count). The fourth-order valence-corrected chi connectivity index (χ4v) is 4.87. The Morgan fingerprint density at radius 1 is 1.08 bits per heavy atom. The zero-order valence-corrected chi connectivity index (χ0v) is 21.0. The lowest BCUT2D eigenvalue weighted by Crippen LogP contribution is -2.35. The van der Waals surface area contributed by atoms with Crippen LogP contribution in [0.3, 0.4) is 0 Å². The van der Waals surface area contributed by atoms with Gasteiger partial charge >= 0.3 is 0 Å². The number of nitrogens with two attached hydrogens (primary N) is 1. The van der Waals surface area contributed by atoms with Crippen molar-refractivity contribution in [1.82, 2.24) is 9.71 Å². The molecule has 1 unspecified atom stereocenters. The summed E-state index contributed by atoms with van der Waals surface area (Å²) in [4.78, 5) is 9.24. The van der Waals surface area contributed by atoms with Crippen molar-refractivity contribution < 1.29 is 13.2 Å². The minimum atomic E-state index is -0.799. The number of pyridine rings is 1. The number of aliphatic imine (C=N–C) groups is 1. The first-order valence-electron chi connectivity index (χ1n) is 11.7. The molecule has 0 amide bonds. The van der Waals surface area contributed by atoms with Crippen LogP contribution < -0.4 is 10.5 Å². The molecule has 1 aliphatic rings. The molecule has 2 aromatic carbocycles. The van der Waals surface area contributed by atoms with E-state index in [1.54, 1.807) is 18.3 Å². The maximum absolute atomic E-state index is 14.2. The molecule has 1 atom stereocenters. The number of allylic oxidation sites excluding steroid dienone is 3. The Hall–Kier alpha value is -3.62. The highest BCUT2D eigenvalue weighted by molar-refractivity contribution is 7.78. The molecule has 1 aliphatic carbocycles. The van der Waals surface area contributed by atoms with Crippen LogP contribution in [0.15, 0.2) is 102 Å². The Kier molecular flexibility index (Phi) is 8.31. The molecule has 8 heteroatoms. The molecule has 37 heavy (non-hydrogen) atoms. The first kappa shape index (κ1) is 26.4. The van der Waals surface area contributed by atoms with Crippen molar-refractivity contribution in [2.45, 2.75) is 19.3 Å². The first-order valence-corrected chi connectivity index (χ1v) is 12.2. The lowest BCUT2D eigenvalue weighted by Gasteiger charge is -2.42. The summed E-state index contributed by atoms with van der Waals surface area (Å²) in [5.41, 5.74) is 9.99. The van der Waals surface area contributed by atoms with E-state index in [-0.39, 0.29) is 12.2 Å². The molecule has 0 bridgehead atoms. The van der Waals surface area contributed by atoms with Crippen molar-refractivity contribution in [3.8, 4) is 0 Å². The van der Waals surface area contributed by atoms with E-state index in [0.29, 0.717) is 47.6 Å². The highest BCUT2D eigenvalue weighted by Gasteiger charge is 2.42. The van der Waals surface area contributed by atoms with Gasteiger partial charge in [0, 0.05) is 24.2 Å². The normalized spacial score (nSPS) is 19.7. The Labute approximate surface area is 220 Å². The Bertz CT molecular complexity index is 1350. The summed E-state index contributed by atoms with van der Waals surface area (Å²) < 4.78 is 44.8. The Morgan fingerprint density at radius 2 is 1.81 bits per heavy atom. The predicted molar refractivity (Wildman–Crippen MR) is 146 cm³/mol. The summed E-state index contributed by atoms with van der Waals surface area (Å²) >= 11 is 4.16. The predicted octanol–water partition coefficient (Wildman–Crippen LogP) is 6.51. The molecule has 0 radical (unpaired) electrons. The van der Waals surface area contributed by atoms with Gasteiger partial charge in [0.15, 0.2) is 0 Å². The van der Waals surface area contributed by atoms with Crippen LogP contribution in [-0.2, 0) is 6.42 Å². The number of halogens is 3. The molecule has 190 valence electrons. The number of nitrogens with one attached hydrogen (secondary N) is 1. The lowest BCUT2D eigenvalue weighted by molar-refractivity contribution is 0.449. The molecule has 0 aliphatic heterocycles. The van der Waals surface area contributed by atoms with Crippen LogP contribution >= 0.6 is 12.8 Å². The molecule has 4 nitrogen and oxygen atoms in total. The van der Waals surface area contributed by atoms with E-state index in [9.17, 15) is 13.2 Å². The largest absolute Gasteiger partial charge is 0.404 e. The van der Waals surface area contributed by atoms with Crippen LogP contribution in [0.25, 0.3) is 5.57 Å². The van der Waals surface area contributed by atoms with Gasteiger partial charge in [-0.3, -0.25) is 9.71 Å². The van der Waals surface area contributed by atoms with Gasteiger partial charge in [-0.05, 0) is 96.8 Å². The maximum Gasteiger partial charge on any atom is 0.126 e. The summed E-state index contributed by atoms with van der Waals surface area (Å²) in [6.45, 7) is 4.95. The second-order valence-corrected chi connectivity index (χ2v) is 9.22. The highest BCUT2D eigenvalue weighted by atomic mass is 32.1. The lowest BCUT2D eigenvalue weighted by atomic mass is 9.61. The Balaban J connectivity index is 1.91. The van der Waals surface area contributed by atoms with E-state index >= 15 is 0 Å². The Morgan fingerprint density at radius 3 is 2.43 bits per heavy atom. The summed E-state index contributed by atoms with van der Waals surface area (Å²) in [6, 6.07) is 14.9. The zero-order chi connectivity index (χ0) is 26.4. The topological polar surface area (TPSA) is 63.3 Å². The van der Waals surface area contributed by atoms with Gasteiger partial charge in [-0.2, -0.15) is 0 Å². The van der Waals surface area contributed by atoms with Crippen LogP contribution in [0.1, 0.15) is 24.1 Å². The van der Waals surface area contributed by atoms with Crippen molar-refractivity contribution in [2.75, 3.05) is 6.54 Å². The maximum atomic E-state index is 14.2. The summed E-state index contributed by atoms with van der Waals surface area (Å²) in [7, 11) is 0. The summed E-state index contributed by atoms with van der Waals surface area (Å²) in [6.07, 6.45) is 6.28. The average Bonchev–Trinajstić information content (AvgIpc) is 2.89. The van der Waals surface area contributed by atoms with E-state index < -0.39 is 17.0 Å². The molecule has 1 heterocycles. The molecule has 0 fully saturated rings. The average molecular weight is 521 g/mol. The van der Waals surface area contributed by atoms with Gasteiger partial charge in [0.05, 0.1) is 17.1 Å². The summed E-state index contributed by atoms with van der Waals surface area (Å²) in [5.74, 6) is -1.66. The van der Waals surface area contributed by atoms with Crippen LogP contribution in [0, 0.1) is 22.9 Å². The minimum absolute atomic E-state index is 0.261. The molecular weight excluding hydrogens is 493 g/mol. The number of nitrogens with zero attached hydrogens (tertiary/aromatic N) is 2. The molecule has 0 saturated carbocycles. The first-order chi connectivity index (χ1) is 17.8. The van der Waals surface area contributed by atoms with Gasteiger partial charge in [-0.25, -0.2) is 18.2 Å². The third-order valence-electron chi connectivity index (χ3n) is 6.51. The van der Waals surface area contributed by atoms with Crippen molar-refractivity contribution in [3.05, 3.63) is 126 Å². The summed E-state index contributed by atoms with van der Waals surface area (Å²) in [5, 5.41) is 0. The van der Waals surface area contributed by atoms with Crippen LogP contribution in [0.5, 0.6) is 0 Å². The molecule has 3 N–H and O–H groups in total. The van der Waals surface area contributed by atoms with E-state index in [1.807, 2.05) is 24.3 Å². The standard InChI is InChI=1S/C29H27F3N4S/c1-19(27-4-2-3-10-34-27)29(16-20-12-24(31)15-25(32)13-20)17-21(18-33)28(14-22(29)9-11-35-37)36-26-7-5-23(30)6-8-26/h2-8,10,12-15,18,35,37H,1,9,11,16-17,33H2. The third-order valence-corrected chi connectivity index (χ3v) is 6.73. The monoisotopic (exact) mass is 520 g/mol. The van der Waals surface area contributed by atoms with E-state index in [0.717, 1.165) is 17.2 Å². The number of rotatable bonds is 8. The van der Waals surface area contributed by atoms with Gasteiger partial charge in [-0.15, -0.1) is 0 Å². The molecule has 1 aromatic heterocycles. The van der Waals surface area contributed by atoms with Crippen molar-refractivity contribution >= 4 is 29.8 Å². The third kappa shape index (κ3) is 6.03. The van der Waals surface area contributed by atoms with Gasteiger partial charge in [0.25, 0.3) is 0 Å². The molecule has 3 aromatic rings.